The number of hydrogen-bond acceptors (Lipinski definition) is 2. The highest BCUT2D eigenvalue weighted by Gasteiger charge is 2.10. The minimum Gasteiger partial charge on any atom is -0.471 e. The largest absolute Gasteiger partial charge is 0.471 e. The van der Waals surface area contributed by atoms with Gasteiger partial charge in [0, 0.05) is 5.56 Å². The lowest BCUT2D eigenvalue weighted by Crippen LogP contribution is -2.04. The normalized spacial score (nSPS) is 11.4. The molecular weight excluding hydrogens is 198 g/mol. The molecule has 0 bridgehead atoms. The molecule has 0 aliphatic carbocycles. The summed E-state index contributed by atoms with van der Waals surface area (Å²) in [5, 5.41) is 9.07. The highest BCUT2D eigenvalue weighted by Crippen LogP contribution is 2.20. The Morgan fingerprint density at radius 1 is 0.875 bits per heavy atom. The molecule has 2 heteroatoms. The van der Waals surface area contributed by atoms with Crippen molar-refractivity contribution in [2.75, 3.05) is 0 Å². The van der Waals surface area contributed by atoms with Crippen LogP contribution < -0.4 is 4.74 Å². The third-order valence-electron chi connectivity index (χ3n) is 2.22. The van der Waals surface area contributed by atoms with Gasteiger partial charge in [-0.1, -0.05) is 48.5 Å². The van der Waals surface area contributed by atoms with E-state index in [4.69, 9.17) is 10.00 Å². The lowest BCUT2D eigenvalue weighted by molar-refractivity contribution is 0.262. The van der Waals surface area contributed by atoms with Crippen LogP contribution >= 0.6 is 0 Å². The summed E-state index contributed by atoms with van der Waals surface area (Å²) in [6, 6.07) is 21.0. The number of hydrogen-bond donors (Lipinski definition) is 0. The maximum absolute atomic E-state index is 9.07. The van der Waals surface area contributed by atoms with Crippen LogP contribution in [0.3, 0.4) is 0 Å². The maximum atomic E-state index is 9.07. The van der Waals surface area contributed by atoms with Crippen LogP contribution in [0.2, 0.25) is 0 Å². The van der Waals surface area contributed by atoms with Crippen molar-refractivity contribution < 1.29 is 4.74 Å². The SMILES string of the molecule is N#CC(Oc1ccccc1)c1ccccc1. The second kappa shape index (κ2) is 4.99. The molecule has 0 N–H and O–H groups in total. The standard InChI is InChI=1S/C14H11NO/c15-11-14(12-7-3-1-4-8-12)16-13-9-5-2-6-10-13/h1-10,14H. The van der Waals surface area contributed by atoms with Crippen molar-refractivity contribution in [3.63, 3.8) is 0 Å². The molecule has 0 aromatic heterocycles. The Morgan fingerprint density at radius 2 is 1.44 bits per heavy atom. The molecule has 1 atom stereocenters. The smallest absolute Gasteiger partial charge is 0.209 e. The zero-order valence-electron chi connectivity index (χ0n) is 8.71. The maximum Gasteiger partial charge on any atom is 0.209 e. The van der Waals surface area contributed by atoms with Crippen molar-refractivity contribution in [2.45, 2.75) is 6.10 Å². The molecule has 0 spiro atoms. The number of nitriles is 1. The van der Waals surface area contributed by atoms with E-state index in [1.807, 2.05) is 60.7 Å². The molecule has 16 heavy (non-hydrogen) atoms. The molecule has 0 radical (unpaired) electrons. The Kier molecular flexibility index (Phi) is 3.20. The number of benzene rings is 2. The second-order valence-corrected chi connectivity index (χ2v) is 3.35. The quantitative estimate of drug-likeness (QED) is 0.776. The van der Waals surface area contributed by atoms with Crippen molar-refractivity contribution in [1.29, 1.82) is 5.26 Å². The second-order valence-electron chi connectivity index (χ2n) is 3.35. The van der Waals surface area contributed by atoms with E-state index in [-0.39, 0.29) is 0 Å². The van der Waals surface area contributed by atoms with Gasteiger partial charge in [0.1, 0.15) is 11.8 Å². The molecule has 78 valence electrons. The van der Waals surface area contributed by atoms with Gasteiger partial charge in [0.25, 0.3) is 0 Å². The van der Waals surface area contributed by atoms with E-state index in [1.54, 1.807) is 0 Å². The Labute approximate surface area is 94.7 Å². The van der Waals surface area contributed by atoms with Crippen LogP contribution in [-0.4, -0.2) is 0 Å². The Bertz CT molecular complexity index is 473. The highest BCUT2D eigenvalue weighted by molar-refractivity contribution is 5.27. The van der Waals surface area contributed by atoms with E-state index in [9.17, 15) is 0 Å². The first-order valence-electron chi connectivity index (χ1n) is 5.06. The van der Waals surface area contributed by atoms with Crippen LogP contribution in [0.5, 0.6) is 5.75 Å². The predicted molar refractivity (Wildman–Crippen MR) is 61.9 cm³/mol. The molecule has 2 aromatic rings. The van der Waals surface area contributed by atoms with Gasteiger partial charge in [0.15, 0.2) is 0 Å². The number of rotatable bonds is 3. The summed E-state index contributed by atoms with van der Waals surface area (Å²) in [6.07, 6.45) is -0.552. The molecule has 0 aliphatic rings. The van der Waals surface area contributed by atoms with E-state index in [1.165, 1.54) is 0 Å². The van der Waals surface area contributed by atoms with Crippen LogP contribution in [0, 0.1) is 11.3 Å². The van der Waals surface area contributed by atoms with Crippen molar-refractivity contribution in [3.05, 3.63) is 66.2 Å². The van der Waals surface area contributed by atoms with Crippen LogP contribution in [-0.2, 0) is 0 Å². The van der Waals surface area contributed by atoms with Gasteiger partial charge in [0.05, 0.1) is 0 Å². The first-order valence-corrected chi connectivity index (χ1v) is 5.06. The van der Waals surface area contributed by atoms with Gasteiger partial charge in [-0.05, 0) is 12.1 Å². The fourth-order valence-corrected chi connectivity index (χ4v) is 1.43. The molecule has 0 heterocycles. The molecule has 2 nitrogen and oxygen atoms in total. The molecule has 0 amide bonds. The van der Waals surface area contributed by atoms with Crippen LogP contribution in [0.4, 0.5) is 0 Å². The van der Waals surface area contributed by atoms with E-state index >= 15 is 0 Å². The van der Waals surface area contributed by atoms with E-state index in [2.05, 4.69) is 6.07 Å². The molecular formula is C14H11NO. The summed E-state index contributed by atoms with van der Waals surface area (Å²) >= 11 is 0. The van der Waals surface area contributed by atoms with Crippen LogP contribution in [0.25, 0.3) is 0 Å². The minimum atomic E-state index is -0.552. The molecule has 2 rings (SSSR count). The van der Waals surface area contributed by atoms with Gasteiger partial charge in [-0.15, -0.1) is 0 Å². The van der Waals surface area contributed by atoms with Crippen molar-refractivity contribution >= 4 is 0 Å². The summed E-state index contributed by atoms with van der Waals surface area (Å²) in [4.78, 5) is 0. The molecule has 0 fully saturated rings. The van der Waals surface area contributed by atoms with Gasteiger partial charge in [-0.25, -0.2) is 0 Å². The molecule has 0 saturated heterocycles. The van der Waals surface area contributed by atoms with Crippen LogP contribution in [0.1, 0.15) is 11.7 Å². The van der Waals surface area contributed by atoms with Crippen molar-refractivity contribution in [3.8, 4) is 11.8 Å². The monoisotopic (exact) mass is 209 g/mol. The summed E-state index contributed by atoms with van der Waals surface area (Å²) in [5.41, 5.74) is 0.869. The van der Waals surface area contributed by atoms with Crippen LogP contribution in [0.15, 0.2) is 60.7 Å². The highest BCUT2D eigenvalue weighted by atomic mass is 16.5. The average Bonchev–Trinajstić information content (AvgIpc) is 2.38. The molecule has 0 saturated carbocycles. The molecule has 1 unspecified atom stereocenters. The topological polar surface area (TPSA) is 33.0 Å². The minimum absolute atomic E-state index is 0.552. The third-order valence-corrected chi connectivity index (χ3v) is 2.22. The number of para-hydroxylation sites is 1. The summed E-state index contributed by atoms with van der Waals surface area (Å²) < 4.78 is 5.59. The first-order chi connectivity index (χ1) is 7.90. The Hall–Kier alpha value is -2.27. The van der Waals surface area contributed by atoms with Gasteiger partial charge in [-0.2, -0.15) is 5.26 Å². The van der Waals surface area contributed by atoms with E-state index in [0.717, 1.165) is 5.56 Å². The zero-order valence-corrected chi connectivity index (χ0v) is 8.71. The predicted octanol–water partition coefficient (Wildman–Crippen LogP) is 3.33. The summed E-state index contributed by atoms with van der Waals surface area (Å²) in [6.45, 7) is 0. The average molecular weight is 209 g/mol. The van der Waals surface area contributed by atoms with Gasteiger partial charge >= 0.3 is 0 Å². The summed E-state index contributed by atoms with van der Waals surface area (Å²) in [5.74, 6) is 0.706. The summed E-state index contributed by atoms with van der Waals surface area (Å²) in [7, 11) is 0. The number of ether oxygens (including phenoxy) is 1. The first kappa shape index (κ1) is 10.3. The fraction of sp³-hybridized carbons (Fsp3) is 0.0714. The van der Waals surface area contributed by atoms with Gasteiger partial charge < -0.3 is 4.74 Å². The fourth-order valence-electron chi connectivity index (χ4n) is 1.43. The Balaban J connectivity index is 2.17. The lowest BCUT2D eigenvalue weighted by atomic mass is 10.1. The lowest BCUT2D eigenvalue weighted by Gasteiger charge is -2.12. The molecule has 0 aliphatic heterocycles. The van der Waals surface area contributed by atoms with E-state index < -0.39 is 6.10 Å². The van der Waals surface area contributed by atoms with Crippen molar-refractivity contribution in [1.82, 2.24) is 0 Å². The third kappa shape index (κ3) is 2.40. The Morgan fingerprint density at radius 3 is 2.00 bits per heavy atom. The molecule has 2 aromatic carbocycles. The zero-order chi connectivity index (χ0) is 11.2. The van der Waals surface area contributed by atoms with Gasteiger partial charge in [-0.3, -0.25) is 0 Å². The van der Waals surface area contributed by atoms with Crippen molar-refractivity contribution in [2.24, 2.45) is 0 Å². The van der Waals surface area contributed by atoms with Gasteiger partial charge in [0.2, 0.25) is 6.10 Å². The number of nitrogens with zero attached hydrogens (tertiary/aromatic N) is 1. The van der Waals surface area contributed by atoms with E-state index in [0.29, 0.717) is 5.75 Å².